The molecule has 0 aliphatic heterocycles. The lowest BCUT2D eigenvalue weighted by molar-refractivity contribution is -0.137. The van der Waals surface area contributed by atoms with Gasteiger partial charge in [-0.15, -0.1) is 0 Å². The van der Waals surface area contributed by atoms with E-state index in [4.69, 9.17) is 10.8 Å². The minimum absolute atomic E-state index is 0.0792. The van der Waals surface area contributed by atoms with Crippen LogP contribution in [0.15, 0.2) is 12.4 Å². The van der Waals surface area contributed by atoms with Gasteiger partial charge in [-0.25, -0.2) is 9.97 Å². The first-order valence-electron chi connectivity index (χ1n) is 5.17. The van der Waals surface area contributed by atoms with Gasteiger partial charge in [0, 0.05) is 25.4 Å². The van der Waals surface area contributed by atoms with Crippen LogP contribution in [0.4, 0.5) is 5.82 Å². The Morgan fingerprint density at radius 1 is 1.29 bits per heavy atom. The number of aromatic nitrogens is 2. The van der Waals surface area contributed by atoms with E-state index in [1.54, 1.807) is 0 Å². The Morgan fingerprint density at radius 3 is 2.65 bits per heavy atom. The molecule has 1 amide bonds. The van der Waals surface area contributed by atoms with E-state index in [2.05, 4.69) is 15.3 Å². The summed E-state index contributed by atoms with van der Waals surface area (Å²) in [6.45, 7) is 0.391. The van der Waals surface area contributed by atoms with E-state index in [1.807, 2.05) is 0 Å². The van der Waals surface area contributed by atoms with Gasteiger partial charge in [-0.1, -0.05) is 0 Å². The Kier molecular flexibility index (Phi) is 4.86. The van der Waals surface area contributed by atoms with E-state index in [0.717, 1.165) is 0 Å². The molecular formula is C10H14N4O3. The van der Waals surface area contributed by atoms with Crippen molar-refractivity contribution in [2.75, 3.05) is 12.3 Å². The van der Waals surface area contributed by atoms with E-state index in [1.165, 1.54) is 12.4 Å². The van der Waals surface area contributed by atoms with Crippen molar-refractivity contribution in [2.24, 2.45) is 0 Å². The first-order chi connectivity index (χ1) is 8.11. The van der Waals surface area contributed by atoms with Crippen molar-refractivity contribution in [3.8, 4) is 0 Å². The zero-order chi connectivity index (χ0) is 12.7. The molecule has 0 saturated carbocycles. The summed E-state index contributed by atoms with van der Waals surface area (Å²) in [6.07, 6.45) is 4.00. The summed E-state index contributed by atoms with van der Waals surface area (Å²) in [7, 11) is 0. The molecule has 4 N–H and O–H groups in total. The zero-order valence-electron chi connectivity index (χ0n) is 9.22. The van der Waals surface area contributed by atoms with Gasteiger partial charge in [0.1, 0.15) is 0 Å². The number of rotatable bonds is 6. The SMILES string of the molecule is Nc1nccnc1C(=O)NCCCCC(=O)O. The molecule has 1 heterocycles. The maximum atomic E-state index is 11.6. The predicted octanol–water partition coefficient (Wildman–Crippen LogP) is 0.0435. The summed E-state index contributed by atoms with van der Waals surface area (Å²) in [4.78, 5) is 29.3. The second-order valence-corrected chi connectivity index (χ2v) is 3.40. The van der Waals surface area contributed by atoms with Crippen LogP contribution in [0.5, 0.6) is 0 Å². The second kappa shape index (κ2) is 6.41. The van der Waals surface area contributed by atoms with Gasteiger partial charge in [0.15, 0.2) is 11.5 Å². The topological polar surface area (TPSA) is 118 Å². The molecule has 1 aromatic rings. The van der Waals surface area contributed by atoms with Crippen LogP contribution in [0.3, 0.4) is 0 Å². The Hall–Kier alpha value is -2.18. The van der Waals surface area contributed by atoms with Crippen molar-refractivity contribution in [3.63, 3.8) is 0 Å². The number of anilines is 1. The molecule has 1 rings (SSSR count). The molecule has 0 bridgehead atoms. The van der Waals surface area contributed by atoms with Gasteiger partial charge in [-0.3, -0.25) is 9.59 Å². The molecule has 92 valence electrons. The number of carboxylic acid groups (broad SMARTS) is 1. The van der Waals surface area contributed by atoms with E-state index in [9.17, 15) is 9.59 Å². The van der Waals surface area contributed by atoms with Gasteiger partial charge < -0.3 is 16.2 Å². The molecular weight excluding hydrogens is 224 g/mol. The molecule has 0 fully saturated rings. The molecule has 0 saturated heterocycles. The fraction of sp³-hybridized carbons (Fsp3) is 0.400. The highest BCUT2D eigenvalue weighted by molar-refractivity contribution is 5.96. The van der Waals surface area contributed by atoms with E-state index in [0.29, 0.717) is 19.4 Å². The number of nitrogens with zero attached hydrogens (tertiary/aromatic N) is 2. The summed E-state index contributed by atoms with van der Waals surface area (Å²) in [5.41, 5.74) is 5.57. The molecule has 7 heteroatoms. The Balaban J connectivity index is 2.31. The summed E-state index contributed by atoms with van der Waals surface area (Å²) in [5, 5.41) is 11.0. The van der Waals surface area contributed by atoms with E-state index in [-0.39, 0.29) is 17.9 Å². The minimum Gasteiger partial charge on any atom is -0.481 e. The number of unbranched alkanes of at least 4 members (excludes halogenated alkanes) is 1. The average Bonchev–Trinajstić information content (AvgIpc) is 2.28. The van der Waals surface area contributed by atoms with Crippen molar-refractivity contribution in [3.05, 3.63) is 18.1 Å². The number of carboxylic acids is 1. The number of carbonyl (C=O) groups excluding carboxylic acids is 1. The molecule has 0 spiro atoms. The van der Waals surface area contributed by atoms with Crippen molar-refractivity contribution in [2.45, 2.75) is 19.3 Å². The van der Waals surface area contributed by atoms with Gasteiger partial charge in [0.25, 0.3) is 5.91 Å². The quantitative estimate of drug-likeness (QED) is 0.602. The van der Waals surface area contributed by atoms with Crippen LogP contribution < -0.4 is 11.1 Å². The molecule has 0 aliphatic carbocycles. The number of aliphatic carboxylic acids is 1. The van der Waals surface area contributed by atoms with Crippen molar-refractivity contribution < 1.29 is 14.7 Å². The largest absolute Gasteiger partial charge is 0.481 e. The van der Waals surface area contributed by atoms with Crippen LogP contribution in [0.2, 0.25) is 0 Å². The third-order valence-corrected chi connectivity index (χ3v) is 2.04. The zero-order valence-corrected chi connectivity index (χ0v) is 9.22. The van der Waals surface area contributed by atoms with Crippen LogP contribution in [-0.2, 0) is 4.79 Å². The third kappa shape index (κ3) is 4.45. The van der Waals surface area contributed by atoms with Crippen LogP contribution in [-0.4, -0.2) is 33.5 Å². The second-order valence-electron chi connectivity index (χ2n) is 3.40. The summed E-state index contributed by atoms with van der Waals surface area (Å²) < 4.78 is 0. The van der Waals surface area contributed by atoms with Crippen LogP contribution in [0.25, 0.3) is 0 Å². The monoisotopic (exact) mass is 238 g/mol. The van der Waals surface area contributed by atoms with Gasteiger partial charge in [-0.05, 0) is 12.8 Å². The summed E-state index contributed by atoms with van der Waals surface area (Å²) >= 11 is 0. The molecule has 0 radical (unpaired) electrons. The fourth-order valence-corrected chi connectivity index (χ4v) is 1.21. The number of hydrogen-bond acceptors (Lipinski definition) is 5. The average molecular weight is 238 g/mol. The Morgan fingerprint density at radius 2 is 2.00 bits per heavy atom. The summed E-state index contributed by atoms with van der Waals surface area (Å²) in [6, 6.07) is 0. The molecule has 0 aromatic carbocycles. The first kappa shape index (κ1) is 12.9. The van der Waals surface area contributed by atoms with Crippen LogP contribution >= 0.6 is 0 Å². The number of nitrogens with one attached hydrogen (secondary N) is 1. The molecule has 1 aromatic heterocycles. The molecule has 0 atom stereocenters. The maximum Gasteiger partial charge on any atom is 0.303 e. The predicted molar refractivity (Wildman–Crippen MR) is 60.3 cm³/mol. The number of nitrogens with two attached hydrogens (primary N) is 1. The molecule has 0 aliphatic rings. The first-order valence-corrected chi connectivity index (χ1v) is 5.17. The lowest BCUT2D eigenvalue weighted by Gasteiger charge is -2.04. The van der Waals surface area contributed by atoms with Gasteiger partial charge >= 0.3 is 5.97 Å². The van der Waals surface area contributed by atoms with Crippen LogP contribution in [0.1, 0.15) is 29.8 Å². The minimum atomic E-state index is -0.838. The number of hydrogen-bond donors (Lipinski definition) is 3. The normalized spacial score (nSPS) is 9.88. The standard InChI is InChI=1S/C10H14N4O3/c11-9-8(12-5-6-13-9)10(17)14-4-2-1-3-7(15)16/h5-6H,1-4H2,(H2,11,13)(H,14,17)(H,15,16). The lowest BCUT2D eigenvalue weighted by atomic mass is 10.2. The molecule has 0 unspecified atom stereocenters. The van der Waals surface area contributed by atoms with Gasteiger partial charge in [-0.2, -0.15) is 0 Å². The number of carbonyl (C=O) groups is 2. The number of amides is 1. The highest BCUT2D eigenvalue weighted by Crippen LogP contribution is 2.02. The third-order valence-electron chi connectivity index (χ3n) is 2.04. The van der Waals surface area contributed by atoms with Gasteiger partial charge in [0.2, 0.25) is 0 Å². The Labute approximate surface area is 98.1 Å². The smallest absolute Gasteiger partial charge is 0.303 e. The molecule has 17 heavy (non-hydrogen) atoms. The number of nitrogen functional groups attached to an aromatic ring is 1. The molecule has 7 nitrogen and oxygen atoms in total. The van der Waals surface area contributed by atoms with Gasteiger partial charge in [0.05, 0.1) is 0 Å². The van der Waals surface area contributed by atoms with Crippen molar-refractivity contribution in [1.82, 2.24) is 15.3 Å². The van der Waals surface area contributed by atoms with E-state index >= 15 is 0 Å². The fourth-order valence-electron chi connectivity index (χ4n) is 1.21. The van der Waals surface area contributed by atoms with Crippen molar-refractivity contribution >= 4 is 17.7 Å². The Bertz CT molecular complexity index is 408. The highest BCUT2D eigenvalue weighted by atomic mass is 16.4. The van der Waals surface area contributed by atoms with Crippen molar-refractivity contribution in [1.29, 1.82) is 0 Å². The lowest BCUT2D eigenvalue weighted by Crippen LogP contribution is -2.26. The maximum absolute atomic E-state index is 11.6. The van der Waals surface area contributed by atoms with E-state index < -0.39 is 11.9 Å². The van der Waals surface area contributed by atoms with Crippen LogP contribution in [0, 0.1) is 0 Å². The highest BCUT2D eigenvalue weighted by Gasteiger charge is 2.10. The summed E-state index contributed by atoms with van der Waals surface area (Å²) in [5.74, 6) is -1.16.